The highest BCUT2D eigenvalue weighted by molar-refractivity contribution is 6.30. The second kappa shape index (κ2) is 4.75. The smallest absolute Gasteiger partial charge is 0.142 e. The first-order valence-electron chi connectivity index (χ1n) is 5.76. The molecule has 4 heteroatoms. The first-order valence-corrected chi connectivity index (χ1v) is 6.13. The number of ether oxygens (including phenoxy) is 1. The first kappa shape index (κ1) is 12.5. The highest BCUT2D eigenvalue weighted by atomic mass is 35.5. The summed E-state index contributed by atoms with van der Waals surface area (Å²) in [6.45, 7) is 1.08. The van der Waals surface area contributed by atoms with Crippen molar-refractivity contribution < 1.29 is 9.84 Å². The molecule has 0 saturated heterocycles. The molecule has 1 aromatic carbocycles. The number of rotatable bonds is 5. The Balaban J connectivity index is 2.17. The Bertz CT molecular complexity index is 404. The largest absolute Gasteiger partial charge is 0.495 e. The van der Waals surface area contributed by atoms with Gasteiger partial charge < -0.3 is 14.7 Å². The Hall–Kier alpha value is -0.930. The van der Waals surface area contributed by atoms with Gasteiger partial charge in [-0.05, 0) is 31.0 Å². The fourth-order valence-corrected chi connectivity index (χ4v) is 2.26. The third-order valence-corrected chi connectivity index (χ3v) is 3.65. The van der Waals surface area contributed by atoms with Crippen molar-refractivity contribution >= 4 is 17.3 Å². The maximum atomic E-state index is 9.35. The molecule has 1 aliphatic rings. The SMILES string of the molecule is COc1ccc(Cl)cc1N(C)CC1(CO)CC1. The van der Waals surface area contributed by atoms with Crippen LogP contribution >= 0.6 is 11.6 Å². The fraction of sp³-hybridized carbons (Fsp3) is 0.538. The van der Waals surface area contributed by atoms with Crippen molar-refractivity contribution in [2.45, 2.75) is 12.8 Å². The second-order valence-corrected chi connectivity index (χ2v) is 5.27. The molecule has 1 fully saturated rings. The Morgan fingerprint density at radius 3 is 2.71 bits per heavy atom. The summed E-state index contributed by atoms with van der Waals surface area (Å²) in [5.74, 6) is 0.811. The maximum Gasteiger partial charge on any atom is 0.142 e. The van der Waals surface area contributed by atoms with Gasteiger partial charge in [0.1, 0.15) is 5.75 Å². The molecule has 1 aliphatic carbocycles. The number of methoxy groups -OCH3 is 1. The van der Waals surface area contributed by atoms with Gasteiger partial charge in [-0.2, -0.15) is 0 Å². The summed E-state index contributed by atoms with van der Waals surface area (Å²) in [6, 6.07) is 5.58. The molecule has 1 saturated carbocycles. The van der Waals surface area contributed by atoms with Crippen LogP contribution in [0.15, 0.2) is 18.2 Å². The summed E-state index contributed by atoms with van der Waals surface area (Å²) in [6.07, 6.45) is 2.19. The van der Waals surface area contributed by atoms with E-state index in [0.717, 1.165) is 30.8 Å². The van der Waals surface area contributed by atoms with Gasteiger partial charge >= 0.3 is 0 Å². The van der Waals surface area contributed by atoms with E-state index in [2.05, 4.69) is 4.90 Å². The molecule has 0 bridgehead atoms. The van der Waals surface area contributed by atoms with Crippen molar-refractivity contribution in [1.29, 1.82) is 0 Å². The van der Waals surface area contributed by atoms with Crippen LogP contribution in [0.5, 0.6) is 5.75 Å². The summed E-state index contributed by atoms with van der Waals surface area (Å²) in [7, 11) is 3.66. The van der Waals surface area contributed by atoms with Gasteiger partial charge in [-0.1, -0.05) is 11.6 Å². The predicted molar refractivity (Wildman–Crippen MR) is 70.0 cm³/mol. The lowest BCUT2D eigenvalue weighted by Gasteiger charge is -2.26. The van der Waals surface area contributed by atoms with Gasteiger partial charge in [0.05, 0.1) is 19.4 Å². The first-order chi connectivity index (χ1) is 8.10. The van der Waals surface area contributed by atoms with Gasteiger partial charge in [-0.25, -0.2) is 0 Å². The number of hydrogen-bond donors (Lipinski definition) is 1. The second-order valence-electron chi connectivity index (χ2n) is 4.83. The Morgan fingerprint density at radius 2 is 2.18 bits per heavy atom. The third kappa shape index (κ3) is 2.67. The molecule has 2 rings (SSSR count). The van der Waals surface area contributed by atoms with E-state index in [9.17, 15) is 5.11 Å². The van der Waals surface area contributed by atoms with Crippen molar-refractivity contribution in [3.05, 3.63) is 23.2 Å². The number of aliphatic hydroxyl groups is 1. The van der Waals surface area contributed by atoms with E-state index in [0.29, 0.717) is 5.02 Å². The maximum absolute atomic E-state index is 9.35. The summed E-state index contributed by atoms with van der Waals surface area (Å²) >= 11 is 6.01. The molecule has 0 aliphatic heterocycles. The summed E-state index contributed by atoms with van der Waals surface area (Å²) in [5, 5.41) is 10.0. The molecule has 0 atom stereocenters. The fourth-order valence-electron chi connectivity index (χ4n) is 2.09. The lowest BCUT2D eigenvalue weighted by atomic mass is 10.1. The highest BCUT2D eigenvalue weighted by Gasteiger charge is 2.43. The van der Waals surface area contributed by atoms with Gasteiger partial charge in [0.15, 0.2) is 0 Å². The van der Waals surface area contributed by atoms with Crippen molar-refractivity contribution in [3.63, 3.8) is 0 Å². The van der Waals surface area contributed by atoms with E-state index in [1.807, 2.05) is 25.2 Å². The van der Waals surface area contributed by atoms with Crippen molar-refractivity contribution in [3.8, 4) is 5.75 Å². The quantitative estimate of drug-likeness (QED) is 0.878. The van der Waals surface area contributed by atoms with Gasteiger partial charge in [0.25, 0.3) is 0 Å². The topological polar surface area (TPSA) is 32.7 Å². The molecule has 1 N–H and O–H groups in total. The van der Waals surface area contributed by atoms with E-state index in [4.69, 9.17) is 16.3 Å². The molecule has 0 heterocycles. The van der Waals surface area contributed by atoms with Crippen molar-refractivity contribution in [2.75, 3.05) is 32.2 Å². The number of nitrogens with zero attached hydrogens (tertiary/aromatic N) is 1. The average molecular weight is 256 g/mol. The lowest BCUT2D eigenvalue weighted by molar-refractivity contribution is 0.215. The van der Waals surface area contributed by atoms with Gasteiger partial charge in [-0.3, -0.25) is 0 Å². The minimum atomic E-state index is 0.0854. The molecule has 3 nitrogen and oxygen atoms in total. The van der Waals surface area contributed by atoms with Gasteiger partial charge in [0, 0.05) is 24.0 Å². The average Bonchev–Trinajstić information content (AvgIpc) is 3.09. The molecule has 0 amide bonds. The molecule has 0 unspecified atom stereocenters. The minimum absolute atomic E-state index is 0.0854. The zero-order valence-electron chi connectivity index (χ0n) is 10.2. The molecular weight excluding hydrogens is 238 g/mol. The van der Waals surface area contributed by atoms with Crippen LogP contribution in [-0.4, -0.2) is 32.4 Å². The van der Waals surface area contributed by atoms with E-state index < -0.39 is 0 Å². The van der Waals surface area contributed by atoms with Crippen molar-refractivity contribution in [2.24, 2.45) is 5.41 Å². The van der Waals surface area contributed by atoms with Gasteiger partial charge in [-0.15, -0.1) is 0 Å². The number of aliphatic hydroxyl groups excluding tert-OH is 1. The summed E-state index contributed by atoms with van der Waals surface area (Å²) in [4.78, 5) is 2.11. The molecule has 17 heavy (non-hydrogen) atoms. The van der Waals surface area contributed by atoms with Crippen LogP contribution in [0, 0.1) is 5.41 Å². The van der Waals surface area contributed by atoms with Crippen LogP contribution in [0.2, 0.25) is 5.02 Å². The zero-order chi connectivity index (χ0) is 12.5. The Morgan fingerprint density at radius 1 is 1.47 bits per heavy atom. The standard InChI is InChI=1S/C13H18ClNO2/c1-15(8-13(9-16)5-6-13)11-7-10(14)3-4-12(11)17-2/h3-4,7,16H,5-6,8-9H2,1-2H3. The predicted octanol–water partition coefficient (Wildman–Crippen LogP) is 2.56. The monoisotopic (exact) mass is 255 g/mol. The van der Waals surface area contributed by atoms with E-state index in [1.165, 1.54) is 0 Å². The molecule has 0 spiro atoms. The number of benzene rings is 1. The molecule has 0 aromatic heterocycles. The van der Waals surface area contributed by atoms with Crippen LogP contribution < -0.4 is 9.64 Å². The molecular formula is C13H18ClNO2. The zero-order valence-corrected chi connectivity index (χ0v) is 11.0. The Labute approximate surface area is 107 Å². The van der Waals surface area contributed by atoms with Crippen LogP contribution in [0.4, 0.5) is 5.69 Å². The van der Waals surface area contributed by atoms with Crippen LogP contribution in [0.3, 0.4) is 0 Å². The number of anilines is 1. The number of hydrogen-bond acceptors (Lipinski definition) is 3. The Kier molecular flexibility index (Phi) is 3.50. The van der Waals surface area contributed by atoms with Crippen LogP contribution in [0.1, 0.15) is 12.8 Å². The normalized spacial score (nSPS) is 16.7. The molecule has 94 valence electrons. The third-order valence-electron chi connectivity index (χ3n) is 3.42. The van der Waals surface area contributed by atoms with Gasteiger partial charge in [0.2, 0.25) is 0 Å². The van der Waals surface area contributed by atoms with E-state index in [1.54, 1.807) is 7.11 Å². The summed E-state index contributed by atoms with van der Waals surface area (Å²) in [5.41, 5.74) is 1.06. The summed E-state index contributed by atoms with van der Waals surface area (Å²) < 4.78 is 5.33. The molecule has 0 radical (unpaired) electrons. The van der Waals surface area contributed by atoms with E-state index in [-0.39, 0.29) is 12.0 Å². The van der Waals surface area contributed by atoms with Crippen LogP contribution in [-0.2, 0) is 0 Å². The molecule has 1 aromatic rings. The lowest BCUT2D eigenvalue weighted by Crippen LogP contribution is -2.28. The highest BCUT2D eigenvalue weighted by Crippen LogP contribution is 2.46. The van der Waals surface area contributed by atoms with Crippen LogP contribution in [0.25, 0.3) is 0 Å². The van der Waals surface area contributed by atoms with Crippen molar-refractivity contribution in [1.82, 2.24) is 0 Å². The van der Waals surface area contributed by atoms with E-state index >= 15 is 0 Å². The minimum Gasteiger partial charge on any atom is -0.495 e. The number of halogens is 1.